The predicted octanol–water partition coefficient (Wildman–Crippen LogP) is 5.97. The summed E-state index contributed by atoms with van der Waals surface area (Å²) in [4.78, 5) is 0. The number of anilines is 1. The van der Waals surface area contributed by atoms with Gasteiger partial charge < -0.3 is 5.32 Å². The highest BCUT2D eigenvalue weighted by Gasteiger charge is 2.32. The van der Waals surface area contributed by atoms with Crippen LogP contribution in [0.1, 0.15) is 30.0 Å². The van der Waals surface area contributed by atoms with Gasteiger partial charge in [-0.05, 0) is 70.9 Å². The first-order chi connectivity index (χ1) is 9.65. The lowest BCUT2D eigenvalue weighted by molar-refractivity contribution is 0.678. The smallest absolute Gasteiger partial charge is 0.0542 e. The Hall–Kier alpha value is -0.990. The first-order valence-corrected chi connectivity index (χ1v) is 8.09. The normalized spacial score (nSPS) is 15.9. The predicted molar refractivity (Wildman–Crippen MR) is 89.4 cm³/mol. The summed E-state index contributed by atoms with van der Waals surface area (Å²) in [5, 5.41) is 4.49. The zero-order valence-electron chi connectivity index (χ0n) is 11.4. The van der Waals surface area contributed by atoms with Crippen LogP contribution in [0, 0.1) is 12.8 Å². The summed E-state index contributed by atoms with van der Waals surface area (Å²) < 4.78 is 1.15. The van der Waals surface area contributed by atoms with E-state index in [9.17, 15) is 0 Å². The topological polar surface area (TPSA) is 12.0 Å². The minimum Gasteiger partial charge on any atom is -0.377 e. The molecule has 1 fully saturated rings. The van der Waals surface area contributed by atoms with Gasteiger partial charge in [0.05, 0.1) is 6.04 Å². The van der Waals surface area contributed by atoms with Crippen LogP contribution in [0.15, 0.2) is 46.9 Å². The Morgan fingerprint density at radius 3 is 2.50 bits per heavy atom. The second-order valence-electron chi connectivity index (χ2n) is 5.45. The number of hydrogen-bond donors (Lipinski definition) is 1. The molecule has 104 valence electrons. The summed E-state index contributed by atoms with van der Waals surface area (Å²) in [5.41, 5.74) is 3.72. The Balaban J connectivity index is 1.88. The van der Waals surface area contributed by atoms with E-state index in [-0.39, 0.29) is 0 Å². The monoisotopic (exact) mass is 349 g/mol. The maximum atomic E-state index is 5.99. The van der Waals surface area contributed by atoms with Crippen LogP contribution in [-0.2, 0) is 0 Å². The van der Waals surface area contributed by atoms with Gasteiger partial charge in [0.25, 0.3) is 0 Å². The zero-order valence-corrected chi connectivity index (χ0v) is 13.7. The van der Waals surface area contributed by atoms with Gasteiger partial charge in [0.2, 0.25) is 0 Å². The van der Waals surface area contributed by atoms with E-state index in [1.54, 1.807) is 0 Å². The summed E-state index contributed by atoms with van der Waals surface area (Å²) in [6.07, 6.45) is 2.59. The molecule has 1 N–H and O–H groups in total. The number of aryl methyl sites for hydroxylation is 1. The maximum absolute atomic E-state index is 5.99. The number of rotatable bonds is 4. The van der Waals surface area contributed by atoms with E-state index in [1.807, 2.05) is 12.1 Å². The van der Waals surface area contributed by atoms with Crippen molar-refractivity contribution in [2.75, 3.05) is 5.32 Å². The van der Waals surface area contributed by atoms with Gasteiger partial charge in [0, 0.05) is 15.2 Å². The molecular formula is C17H17BrClN. The fourth-order valence-electron chi connectivity index (χ4n) is 2.50. The van der Waals surface area contributed by atoms with Crippen LogP contribution in [0.3, 0.4) is 0 Å². The standard InChI is InChI=1S/C17H17BrClN/c1-11-3-2-4-15(16(11)18)20-17(12-5-6-12)13-7-9-14(19)10-8-13/h2-4,7-10,12,17,20H,5-6H2,1H3. The lowest BCUT2D eigenvalue weighted by Crippen LogP contribution is -2.13. The Bertz CT molecular complexity index is 605. The molecule has 2 aromatic rings. The highest BCUT2D eigenvalue weighted by molar-refractivity contribution is 9.10. The van der Waals surface area contributed by atoms with Crippen LogP contribution in [0.25, 0.3) is 0 Å². The third-order valence-electron chi connectivity index (χ3n) is 3.83. The van der Waals surface area contributed by atoms with Crippen molar-refractivity contribution in [1.29, 1.82) is 0 Å². The average Bonchev–Trinajstić information content (AvgIpc) is 3.26. The van der Waals surface area contributed by atoms with Crippen LogP contribution >= 0.6 is 27.5 Å². The van der Waals surface area contributed by atoms with Gasteiger partial charge in [-0.15, -0.1) is 0 Å². The first-order valence-electron chi connectivity index (χ1n) is 6.92. The lowest BCUT2D eigenvalue weighted by Gasteiger charge is -2.21. The number of nitrogens with one attached hydrogen (secondary N) is 1. The van der Waals surface area contributed by atoms with Crippen LogP contribution in [-0.4, -0.2) is 0 Å². The molecule has 2 aromatic carbocycles. The highest BCUT2D eigenvalue weighted by atomic mass is 79.9. The SMILES string of the molecule is Cc1cccc(NC(c2ccc(Cl)cc2)C2CC2)c1Br. The molecule has 0 aromatic heterocycles. The molecule has 0 heterocycles. The third-order valence-corrected chi connectivity index (χ3v) is 5.13. The van der Waals surface area contributed by atoms with E-state index >= 15 is 0 Å². The van der Waals surface area contributed by atoms with Crippen molar-refractivity contribution in [3.63, 3.8) is 0 Å². The maximum Gasteiger partial charge on any atom is 0.0542 e. The van der Waals surface area contributed by atoms with Crippen LogP contribution < -0.4 is 5.32 Å². The molecule has 0 aliphatic heterocycles. The molecular weight excluding hydrogens is 334 g/mol. The van der Waals surface area contributed by atoms with Gasteiger partial charge in [0.15, 0.2) is 0 Å². The van der Waals surface area contributed by atoms with E-state index in [0.29, 0.717) is 6.04 Å². The number of hydrogen-bond acceptors (Lipinski definition) is 1. The Morgan fingerprint density at radius 2 is 1.85 bits per heavy atom. The van der Waals surface area contributed by atoms with Crippen molar-refractivity contribution in [1.82, 2.24) is 0 Å². The molecule has 0 radical (unpaired) electrons. The first kappa shape index (κ1) is 14.0. The second kappa shape index (κ2) is 5.79. The van der Waals surface area contributed by atoms with Crippen molar-refractivity contribution >= 4 is 33.2 Å². The van der Waals surface area contributed by atoms with Crippen molar-refractivity contribution in [3.8, 4) is 0 Å². The molecule has 1 aliphatic carbocycles. The van der Waals surface area contributed by atoms with Crippen LogP contribution in [0.2, 0.25) is 5.02 Å². The zero-order chi connectivity index (χ0) is 14.1. The average molecular weight is 351 g/mol. The fraction of sp³-hybridized carbons (Fsp3) is 0.294. The van der Waals surface area contributed by atoms with E-state index in [1.165, 1.54) is 24.0 Å². The highest BCUT2D eigenvalue weighted by Crippen LogP contribution is 2.44. The minimum absolute atomic E-state index is 0.366. The van der Waals surface area contributed by atoms with Gasteiger partial charge in [-0.1, -0.05) is 35.9 Å². The number of benzene rings is 2. The Morgan fingerprint density at radius 1 is 1.15 bits per heavy atom. The molecule has 3 rings (SSSR count). The number of halogens is 2. The van der Waals surface area contributed by atoms with Crippen molar-refractivity contribution < 1.29 is 0 Å². The summed E-state index contributed by atoms with van der Waals surface area (Å²) in [7, 11) is 0. The summed E-state index contributed by atoms with van der Waals surface area (Å²) >= 11 is 9.67. The van der Waals surface area contributed by atoms with E-state index in [2.05, 4.69) is 58.5 Å². The molecule has 1 saturated carbocycles. The second-order valence-corrected chi connectivity index (χ2v) is 6.68. The van der Waals surface area contributed by atoms with Crippen LogP contribution in [0.5, 0.6) is 0 Å². The van der Waals surface area contributed by atoms with E-state index < -0.39 is 0 Å². The van der Waals surface area contributed by atoms with Gasteiger partial charge in [-0.25, -0.2) is 0 Å². The van der Waals surface area contributed by atoms with Gasteiger partial charge in [0.1, 0.15) is 0 Å². The molecule has 0 bridgehead atoms. The molecule has 1 unspecified atom stereocenters. The van der Waals surface area contributed by atoms with Crippen molar-refractivity contribution in [2.24, 2.45) is 5.92 Å². The van der Waals surface area contributed by atoms with Gasteiger partial charge in [-0.2, -0.15) is 0 Å². The molecule has 0 spiro atoms. The van der Waals surface area contributed by atoms with Gasteiger partial charge >= 0.3 is 0 Å². The molecule has 3 heteroatoms. The summed E-state index contributed by atoms with van der Waals surface area (Å²) in [5.74, 6) is 0.726. The van der Waals surface area contributed by atoms with Crippen molar-refractivity contribution in [3.05, 3.63) is 63.1 Å². The Kier molecular flexibility index (Phi) is 4.04. The molecule has 1 nitrogen and oxygen atoms in total. The van der Waals surface area contributed by atoms with Crippen molar-refractivity contribution in [2.45, 2.75) is 25.8 Å². The summed E-state index contributed by atoms with van der Waals surface area (Å²) in [6, 6.07) is 14.9. The largest absolute Gasteiger partial charge is 0.377 e. The minimum atomic E-state index is 0.366. The van der Waals surface area contributed by atoms with E-state index in [4.69, 9.17) is 11.6 Å². The molecule has 0 amide bonds. The molecule has 1 aliphatic rings. The lowest BCUT2D eigenvalue weighted by atomic mass is 10.0. The Labute approximate surface area is 133 Å². The molecule has 0 saturated heterocycles. The fourth-order valence-corrected chi connectivity index (χ4v) is 3.00. The van der Waals surface area contributed by atoms with E-state index in [0.717, 1.165) is 21.1 Å². The molecule has 1 atom stereocenters. The summed E-state index contributed by atoms with van der Waals surface area (Å²) in [6.45, 7) is 2.11. The quantitative estimate of drug-likeness (QED) is 0.716. The molecule has 20 heavy (non-hydrogen) atoms. The third kappa shape index (κ3) is 3.02. The van der Waals surface area contributed by atoms with Crippen LogP contribution in [0.4, 0.5) is 5.69 Å². The van der Waals surface area contributed by atoms with Gasteiger partial charge in [-0.3, -0.25) is 0 Å².